The van der Waals surface area contributed by atoms with Gasteiger partial charge in [0.15, 0.2) is 0 Å². The molecule has 1 aromatic carbocycles. The van der Waals surface area contributed by atoms with Gasteiger partial charge in [0.05, 0.1) is 12.6 Å². The summed E-state index contributed by atoms with van der Waals surface area (Å²) in [7, 11) is 0. The molecule has 122 valence electrons. The largest absolute Gasteiger partial charge is 0.348 e. The number of halogens is 1. The number of hydrogen-bond donors (Lipinski definition) is 2. The topological polar surface area (TPSA) is 58.4 Å². The first-order valence-electron chi connectivity index (χ1n) is 8.06. The Morgan fingerprint density at radius 1 is 1.50 bits per heavy atom. The van der Waals surface area contributed by atoms with Gasteiger partial charge in [0.2, 0.25) is 5.91 Å². The number of piperidine rings is 1. The lowest BCUT2D eigenvalue weighted by Crippen LogP contribution is -2.43. The first-order valence-corrected chi connectivity index (χ1v) is 8.44. The van der Waals surface area contributed by atoms with Crippen LogP contribution in [0.4, 0.5) is 0 Å². The van der Waals surface area contributed by atoms with Gasteiger partial charge < -0.3 is 11.1 Å². The highest BCUT2D eigenvalue weighted by molar-refractivity contribution is 6.31. The van der Waals surface area contributed by atoms with Crippen molar-refractivity contribution < 1.29 is 4.79 Å². The Bertz CT molecular complexity index is 493. The molecule has 22 heavy (non-hydrogen) atoms. The Balaban J connectivity index is 1.83. The van der Waals surface area contributed by atoms with Gasteiger partial charge in [-0.1, -0.05) is 29.8 Å². The van der Waals surface area contributed by atoms with E-state index >= 15 is 0 Å². The van der Waals surface area contributed by atoms with Gasteiger partial charge in [0, 0.05) is 11.6 Å². The van der Waals surface area contributed by atoms with Gasteiger partial charge in [-0.15, -0.1) is 0 Å². The zero-order valence-corrected chi connectivity index (χ0v) is 14.0. The van der Waals surface area contributed by atoms with Crippen LogP contribution in [0.25, 0.3) is 0 Å². The zero-order chi connectivity index (χ0) is 15.9. The molecule has 3 N–H and O–H groups in total. The predicted molar refractivity (Wildman–Crippen MR) is 90.8 cm³/mol. The first-order chi connectivity index (χ1) is 10.6. The zero-order valence-electron chi connectivity index (χ0n) is 13.2. The van der Waals surface area contributed by atoms with Gasteiger partial charge in [-0.05, 0) is 56.8 Å². The summed E-state index contributed by atoms with van der Waals surface area (Å²) < 4.78 is 0. The van der Waals surface area contributed by atoms with E-state index in [0.717, 1.165) is 38.0 Å². The molecule has 1 aliphatic heterocycles. The number of nitrogens with one attached hydrogen (secondary N) is 1. The van der Waals surface area contributed by atoms with Crippen molar-refractivity contribution >= 4 is 17.5 Å². The summed E-state index contributed by atoms with van der Waals surface area (Å²) in [5, 5.41) is 3.73. The monoisotopic (exact) mass is 323 g/mol. The van der Waals surface area contributed by atoms with Gasteiger partial charge in [-0.25, -0.2) is 0 Å². The minimum atomic E-state index is -0.0779. The van der Waals surface area contributed by atoms with Gasteiger partial charge in [0.25, 0.3) is 0 Å². The fourth-order valence-corrected chi connectivity index (χ4v) is 3.46. The Kier molecular flexibility index (Phi) is 6.68. The molecule has 1 aromatic rings. The highest BCUT2D eigenvalue weighted by Crippen LogP contribution is 2.22. The molecule has 0 aromatic heterocycles. The molecular weight excluding hydrogens is 298 g/mol. The molecule has 1 amide bonds. The van der Waals surface area contributed by atoms with E-state index in [-0.39, 0.29) is 11.9 Å². The lowest BCUT2D eigenvalue weighted by atomic mass is 9.95. The summed E-state index contributed by atoms with van der Waals surface area (Å²) in [4.78, 5) is 14.5. The summed E-state index contributed by atoms with van der Waals surface area (Å²) in [5.74, 6) is 0.688. The van der Waals surface area contributed by atoms with E-state index in [2.05, 4.69) is 10.2 Å². The SMILES string of the molecule is CC(NC(=O)CN1CCCC(CCN)C1)c1ccccc1Cl. The van der Waals surface area contributed by atoms with Crippen LogP contribution in [-0.4, -0.2) is 37.0 Å². The van der Waals surface area contributed by atoms with Crippen molar-refractivity contribution in [3.63, 3.8) is 0 Å². The van der Waals surface area contributed by atoms with Crippen LogP contribution >= 0.6 is 11.6 Å². The average Bonchev–Trinajstić information content (AvgIpc) is 2.48. The van der Waals surface area contributed by atoms with Crippen LogP contribution in [0, 0.1) is 5.92 Å². The molecule has 0 aliphatic carbocycles. The second kappa shape index (κ2) is 8.51. The van der Waals surface area contributed by atoms with Crippen molar-refractivity contribution in [3.8, 4) is 0 Å². The quantitative estimate of drug-likeness (QED) is 0.846. The number of benzene rings is 1. The number of likely N-dealkylation sites (tertiary alicyclic amines) is 1. The predicted octanol–water partition coefficient (Wildman–Crippen LogP) is 2.58. The molecule has 0 bridgehead atoms. The van der Waals surface area contributed by atoms with Crippen LogP contribution in [0.1, 0.15) is 37.8 Å². The molecule has 1 heterocycles. The van der Waals surface area contributed by atoms with Gasteiger partial charge in [-0.2, -0.15) is 0 Å². The van der Waals surface area contributed by atoms with E-state index in [1.165, 1.54) is 6.42 Å². The summed E-state index contributed by atoms with van der Waals surface area (Å²) >= 11 is 6.17. The molecule has 1 fully saturated rings. The molecular formula is C17H26ClN3O. The van der Waals surface area contributed by atoms with Crippen molar-refractivity contribution in [1.82, 2.24) is 10.2 Å². The lowest BCUT2D eigenvalue weighted by molar-refractivity contribution is -0.123. The minimum Gasteiger partial charge on any atom is -0.348 e. The van der Waals surface area contributed by atoms with Gasteiger partial charge in [-0.3, -0.25) is 9.69 Å². The highest BCUT2D eigenvalue weighted by atomic mass is 35.5. The molecule has 2 unspecified atom stereocenters. The summed E-state index contributed by atoms with van der Waals surface area (Å²) in [6.45, 7) is 5.12. The second-order valence-electron chi connectivity index (χ2n) is 6.13. The standard InChI is InChI=1S/C17H26ClN3O/c1-13(15-6-2-3-7-16(15)18)20-17(22)12-21-10-4-5-14(11-21)8-9-19/h2-3,6-7,13-14H,4-5,8-12,19H2,1H3,(H,20,22). The third-order valence-electron chi connectivity index (χ3n) is 4.29. The van der Waals surface area contributed by atoms with Crippen molar-refractivity contribution in [2.24, 2.45) is 11.7 Å². The smallest absolute Gasteiger partial charge is 0.234 e. The minimum absolute atomic E-state index is 0.0563. The molecule has 4 nitrogen and oxygen atoms in total. The van der Waals surface area contributed by atoms with Crippen LogP contribution in [0.3, 0.4) is 0 Å². The number of amides is 1. The number of hydrogen-bond acceptors (Lipinski definition) is 3. The number of nitrogens with zero attached hydrogens (tertiary/aromatic N) is 1. The molecule has 2 atom stereocenters. The first kappa shape index (κ1) is 17.3. The van der Waals surface area contributed by atoms with E-state index in [0.29, 0.717) is 17.5 Å². The van der Waals surface area contributed by atoms with E-state index in [1.807, 2.05) is 31.2 Å². The fourth-order valence-electron chi connectivity index (χ4n) is 3.16. The molecule has 5 heteroatoms. The molecule has 0 spiro atoms. The maximum atomic E-state index is 12.3. The van der Waals surface area contributed by atoms with Crippen molar-refractivity contribution in [1.29, 1.82) is 0 Å². The molecule has 1 aliphatic rings. The number of carbonyl (C=O) groups excluding carboxylic acids is 1. The van der Waals surface area contributed by atoms with Gasteiger partial charge in [0.1, 0.15) is 0 Å². The molecule has 2 rings (SSSR count). The van der Waals surface area contributed by atoms with E-state index in [9.17, 15) is 4.79 Å². The van der Waals surface area contributed by atoms with E-state index in [1.54, 1.807) is 0 Å². The number of nitrogens with two attached hydrogens (primary N) is 1. The van der Waals surface area contributed by atoms with Crippen molar-refractivity contribution in [3.05, 3.63) is 34.9 Å². The highest BCUT2D eigenvalue weighted by Gasteiger charge is 2.21. The summed E-state index contributed by atoms with van der Waals surface area (Å²) in [6.07, 6.45) is 3.43. The maximum absolute atomic E-state index is 12.3. The van der Waals surface area contributed by atoms with Crippen molar-refractivity contribution in [2.45, 2.75) is 32.2 Å². The third kappa shape index (κ3) is 4.97. The molecule has 0 radical (unpaired) electrons. The van der Waals surface area contributed by atoms with E-state index < -0.39 is 0 Å². The van der Waals surface area contributed by atoms with Crippen LogP contribution in [0.15, 0.2) is 24.3 Å². The Hall–Kier alpha value is -1.10. The second-order valence-corrected chi connectivity index (χ2v) is 6.54. The third-order valence-corrected chi connectivity index (χ3v) is 4.64. The fraction of sp³-hybridized carbons (Fsp3) is 0.588. The Morgan fingerprint density at radius 2 is 2.27 bits per heavy atom. The average molecular weight is 324 g/mol. The number of rotatable bonds is 6. The van der Waals surface area contributed by atoms with E-state index in [4.69, 9.17) is 17.3 Å². The van der Waals surface area contributed by atoms with Crippen LogP contribution in [0.2, 0.25) is 5.02 Å². The molecule has 0 saturated carbocycles. The van der Waals surface area contributed by atoms with Crippen LogP contribution < -0.4 is 11.1 Å². The number of carbonyl (C=O) groups is 1. The lowest BCUT2D eigenvalue weighted by Gasteiger charge is -2.32. The molecule has 1 saturated heterocycles. The normalized spacial score (nSPS) is 20.6. The summed E-state index contributed by atoms with van der Waals surface area (Å²) in [6, 6.07) is 7.55. The van der Waals surface area contributed by atoms with Crippen LogP contribution in [-0.2, 0) is 4.79 Å². The van der Waals surface area contributed by atoms with Gasteiger partial charge >= 0.3 is 0 Å². The Morgan fingerprint density at radius 3 is 3.00 bits per heavy atom. The van der Waals surface area contributed by atoms with Crippen LogP contribution in [0.5, 0.6) is 0 Å². The maximum Gasteiger partial charge on any atom is 0.234 e. The summed E-state index contributed by atoms with van der Waals surface area (Å²) in [5.41, 5.74) is 6.60. The Labute approximate surface area is 138 Å². The van der Waals surface area contributed by atoms with Crippen molar-refractivity contribution in [2.75, 3.05) is 26.2 Å².